The summed E-state index contributed by atoms with van der Waals surface area (Å²) in [5.74, 6) is -0.922. The zero-order chi connectivity index (χ0) is 15.6. The number of hydrogen-bond acceptors (Lipinski definition) is 5. The maximum atomic E-state index is 13.3. The second kappa shape index (κ2) is 5.74. The standard InChI is InChI=1S/C11H7BrFN3O4S/c12-7-1-11(6-14-5-7)21(19,20)15-9-2-8(13)3-10(4-9)16(17)18/h1-6,15H. The van der Waals surface area contributed by atoms with Gasteiger partial charge in [0.15, 0.2) is 0 Å². The monoisotopic (exact) mass is 375 g/mol. The van der Waals surface area contributed by atoms with E-state index in [1.807, 2.05) is 0 Å². The highest BCUT2D eigenvalue weighted by atomic mass is 79.9. The van der Waals surface area contributed by atoms with Gasteiger partial charge in [-0.15, -0.1) is 0 Å². The van der Waals surface area contributed by atoms with E-state index in [0.717, 1.165) is 18.3 Å². The molecule has 10 heteroatoms. The summed E-state index contributed by atoms with van der Waals surface area (Å²) in [5.41, 5.74) is -0.804. The van der Waals surface area contributed by atoms with Crippen LogP contribution in [0.3, 0.4) is 0 Å². The summed E-state index contributed by atoms with van der Waals surface area (Å²) < 4.78 is 39.9. The Balaban J connectivity index is 2.39. The molecule has 0 saturated carbocycles. The van der Waals surface area contributed by atoms with Gasteiger partial charge in [-0.25, -0.2) is 12.8 Å². The smallest absolute Gasteiger partial charge is 0.274 e. The highest BCUT2D eigenvalue weighted by Gasteiger charge is 2.18. The quantitative estimate of drug-likeness (QED) is 0.653. The van der Waals surface area contributed by atoms with Gasteiger partial charge in [0.05, 0.1) is 16.7 Å². The Morgan fingerprint density at radius 2 is 1.95 bits per heavy atom. The Kier molecular flexibility index (Phi) is 4.19. The molecule has 1 aromatic heterocycles. The molecule has 0 radical (unpaired) electrons. The van der Waals surface area contributed by atoms with Crippen LogP contribution < -0.4 is 4.72 Å². The Hall–Kier alpha value is -2.07. The Morgan fingerprint density at radius 1 is 1.24 bits per heavy atom. The summed E-state index contributed by atoms with van der Waals surface area (Å²) in [7, 11) is -4.03. The molecule has 0 amide bonds. The summed E-state index contributed by atoms with van der Waals surface area (Å²) in [4.78, 5) is 13.4. The van der Waals surface area contributed by atoms with Gasteiger partial charge < -0.3 is 0 Å². The van der Waals surface area contributed by atoms with Crippen LogP contribution in [0.25, 0.3) is 0 Å². The molecule has 0 aliphatic heterocycles. The van der Waals surface area contributed by atoms with Crippen molar-refractivity contribution >= 4 is 37.3 Å². The summed E-state index contributed by atoms with van der Waals surface area (Å²) >= 11 is 3.08. The molecule has 0 bridgehead atoms. The van der Waals surface area contributed by atoms with E-state index in [4.69, 9.17) is 0 Å². The number of aromatic nitrogens is 1. The molecule has 0 aliphatic carbocycles. The van der Waals surface area contributed by atoms with Crippen molar-refractivity contribution in [2.75, 3.05) is 4.72 Å². The molecule has 0 spiro atoms. The number of pyridine rings is 1. The highest BCUT2D eigenvalue weighted by Crippen LogP contribution is 2.23. The molecule has 7 nitrogen and oxygen atoms in total. The minimum absolute atomic E-state index is 0.163. The number of benzene rings is 1. The van der Waals surface area contributed by atoms with E-state index < -0.39 is 26.5 Å². The lowest BCUT2D eigenvalue weighted by Crippen LogP contribution is -2.13. The van der Waals surface area contributed by atoms with Crippen molar-refractivity contribution in [3.8, 4) is 0 Å². The van der Waals surface area contributed by atoms with Gasteiger partial charge in [0, 0.05) is 22.9 Å². The molecule has 1 heterocycles. The maximum absolute atomic E-state index is 13.3. The normalized spacial score (nSPS) is 11.1. The van der Waals surface area contributed by atoms with Crippen LogP contribution in [0.4, 0.5) is 15.8 Å². The third-order valence-corrected chi connectivity index (χ3v) is 4.12. The van der Waals surface area contributed by atoms with Gasteiger partial charge in [-0.05, 0) is 28.1 Å². The number of nitro groups is 1. The van der Waals surface area contributed by atoms with E-state index >= 15 is 0 Å². The van der Waals surface area contributed by atoms with Gasteiger partial charge in [-0.3, -0.25) is 19.8 Å². The average molecular weight is 376 g/mol. The van der Waals surface area contributed by atoms with Crippen LogP contribution in [0.5, 0.6) is 0 Å². The lowest BCUT2D eigenvalue weighted by Gasteiger charge is -2.08. The van der Waals surface area contributed by atoms with Crippen LogP contribution in [-0.2, 0) is 10.0 Å². The van der Waals surface area contributed by atoms with Gasteiger partial charge in [-0.1, -0.05) is 0 Å². The van der Waals surface area contributed by atoms with Gasteiger partial charge in [0.1, 0.15) is 10.7 Å². The Morgan fingerprint density at radius 3 is 2.57 bits per heavy atom. The number of hydrogen-bond donors (Lipinski definition) is 1. The fourth-order valence-corrected chi connectivity index (χ4v) is 3.04. The second-order valence-electron chi connectivity index (χ2n) is 3.90. The Bertz CT molecular complexity index is 813. The first-order chi connectivity index (χ1) is 9.78. The van der Waals surface area contributed by atoms with E-state index in [2.05, 4.69) is 25.6 Å². The SMILES string of the molecule is O=[N+]([O-])c1cc(F)cc(NS(=O)(=O)c2cncc(Br)c2)c1. The lowest BCUT2D eigenvalue weighted by molar-refractivity contribution is -0.385. The molecule has 0 unspecified atom stereocenters. The van der Waals surface area contributed by atoms with E-state index in [9.17, 15) is 22.9 Å². The molecule has 0 saturated heterocycles. The van der Waals surface area contributed by atoms with Crippen molar-refractivity contribution in [3.63, 3.8) is 0 Å². The molecule has 1 aromatic carbocycles. The largest absolute Gasteiger partial charge is 0.279 e. The predicted octanol–water partition coefficient (Wildman–Crippen LogP) is 2.69. The number of sulfonamides is 1. The van der Waals surface area contributed by atoms with Crippen LogP contribution in [0.2, 0.25) is 0 Å². The van der Waals surface area contributed by atoms with Crippen LogP contribution in [0.15, 0.2) is 46.0 Å². The van der Waals surface area contributed by atoms with Crippen LogP contribution in [0, 0.1) is 15.9 Å². The summed E-state index contributed by atoms with van der Waals surface area (Å²) in [5, 5.41) is 10.6. The molecule has 2 aromatic rings. The lowest BCUT2D eigenvalue weighted by atomic mass is 10.3. The molecular formula is C11H7BrFN3O4S. The molecular weight excluding hydrogens is 369 g/mol. The van der Waals surface area contributed by atoms with Crippen molar-refractivity contribution in [2.45, 2.75) is 4.90 Å². The Labute approximate surface area is 127 Å². The minimum atomic E-state index is -4.03. The van der Waals surface area contributed by atoms with E-state index in [1.54, 1.807) is 0 Å². The summed E-state index contributed by atoms with van der Waals surface area (Å²) in [6.45, 7) is 0. The van der Waals surface area contributed by atoms with Crippen LogP contribution >= 0.6 is 15.9 Å². The molecule has 21 heavy (non-hydrogen) atoms. The number of nitrogens with zero attached hydrogens (tertiary/aromatic N) is 2. The number of anilines is 1. The van der Waals surface area contributed by atoms with E-state index in [0.29, 0.717) is 10.5 Å². The molecule has 2 rings (SSSR count). The van der Waals surface area contributed by atoms with Crippen molar-refractivity contribution in [3.05, 3.63) is 57.1 Å². The van der Waals surface area contributed by atoms with E-state index in [1.165, 1.54) is 12.3 Å². The predicted molar refractivity (Wildman–Crippen MR) is 75.8 cm³/mol. The average Bonchev–Trinajstić information content (AvgIpc) is 2.37. The van der Waals surface area contributed by atoms with Gasteiger partial charge in [0.25, 0.3) is 15.7 Å². The minimum Gasteiger partial charge on any atom is -0.279 e. The number of halogens is 2. The zero-order valence-corrected chi connectivity index (χ0v) is 12.6. The van der Waals surface area contributed by atoms with Crippen molar-refractivity contribution in [2.24, 2.45) is 0 Å². The van der Waals surface area contributed by atoms with Crippen LogP contribution in [-0.4, -0.2) is 18.3 Å². The first-order valence-corrected chi connectivity index (χ1v) is 7.64. The molecule has 0 atom stereocenters. The highest BCUT2D eigenvalue weighted by molar-refractivity contribution is 9.10. The summed E-state index contributed by atoms with van der Waals surface area (Å²) in [6.07, 6.45) is 2.49. The number of non-ortho nitro benzene ring substituents is 1. The number of nitro benzene ring substituents is 1. The summed E-state index contributed by atoms with van der Waals surface area (Å²) in [6, 6.07) is 3.75. The molecule has 0 aliphatic rings. The second-order valence-corrected chi connectivity index (χ2v) is 6.50. The molecule has 110 valence electrons. The fraction of sp³-hybridized carbons (Fsp3) is 0. The van der Waals surface area contributed by atoms with Crippen LogP contribution in [0.1, 0.15) is 0 Å². The van der Waals surface area contributed by atoms with E-state index in [-0.39, 0.29) is 10.6 Å². The van der Waals surface area contributed by atoms with Gasteiger partial charge in [0.2, 0.25) is 0 Å². The molecule has 1 N–H and O–H groups in total. The first kappa shape index (κ1) is 15.3. The zero-order valence-electron chi connectivity index (χ0n) is 10.2. The molecule has 0 fully saturated rings. The van der Waals surface area contributed by atoms with Crippen molar-refractivity contribution < 1.29 is 17.7 Å². The first-order valence-electron chi connectivity index (χ1n) is 5.36. The van der Waals surface area contributed by atoms with Crippen molar-refractivity contribution in [1.82, 2.24) is 4.98 Å². The van der Waals surface area contributed by atoms with Gasteiger partial charge in [-0.2, -0.15) is 0 Å². The third kappa shape index (κ3) is 3.73. The number of nitrogens with one attached hydrogen (secondary N) is 1. The van der Waals surface area contributed by atoms with Gasteiger partial charge >= 0.3 is 0 Å². The maximum Gasteiger partial charge on any atom is 0.274 e. The fourth-order valence-electron chi connectivity index (χ4n) is 1.49. The van der Waals surface area contributed by atoms with Crippen molar-refractivity contribution in [1.29, 1.82) is 0 Å². The topological polar surface area (TPSA) is 102 Å². The third-order valence-electron chi connectivity index (χ3n) is 2.34. The number of rotatable bonds is 4.